The van der Waals surface area contributed by atoms with E-state index in [0.717, 1.165) is 36.7 Å². The predicted octanol–water partition coefficient (Wildman–Crippen LogP) is 4.36. The minimum atomic E-state index is 0.426. The van der Waals surface area contributed by atoms with E-state index >= 15 is 0 Å². The van der Waals surface area contributed by atoms with Gasteiger partial charge in [0.2, 0.25) is 0 Å². The number of rotatable bonds is 4. The minimum Gasteiger partial charge on any atom is -0.355 e. The van der Waals surface area contributed by atoms with E-state index in [0.29, 0.717) is 5.41 Å². The first kappa shape index (κ1) is 17.1. The smallest absolute Gasteiger partial charge is 0.140 e. The van der Waals surface area contributed by atoms with Crippen LogP contribution < -0.4 is 4.90 Å². The highest BCUT2D eigenvalue weighted by atomic mass is 32.1. The van der Waals surface area contributed by atoms with Gasteiger partial charge >= 0.3 is 0 Å². The summed E-state index contributed by atoms with van der Waals surface area (Å²) in [5.41, 5.74) is 1.85. The predicted molar refractivity (Wildman–Crippen MR) is 112 cm³/mol. The Bertz CT molecular complexity index is 938. The van der Waals surface area contributed by atoms with Gasteiger partial charge in [-0.05, 0) is 37.4 Å². The van der Waals surface area contributed by atoms with Crippen LogP contribution in [0.25, 0.3) is 10.2 Å². The first-order valence-corrected chi connectivity index (χ1v) is 10.8. The first-order chi connectivity index (χ1) is 13.2. The number of fused-ring (bicyclic) bond motifs is 1. The average molecular weight is 379 g/mol. The molecule has 0 amide bonds. The molecule has 4 heterocycles. The van der Waals surface area contributed by atoms with E-state index in [9.17, 15) is 0 Å². The van der Waals surface area contributed by atoms with Crippen molar-refractivity contribution in [1.82, 2.24) is 14.9 Å². The maximum atomic E-state index is 4.69. The molecule has 140 valence electrons. The molecule has 2 saturated heterocycles. The van der Waals surface area contributed by atoms with Crippen LogP contribution in [0.15, 0.2) is 42.7 Å². The maximum Gasteiger partial charge on any atom is 0.140 e. The van der Waals surface area contributed by atoms with Crippen LogP contribution in [0.2, 0.25) is 0 Å². The normalized spacial score (nSPS) is 23.1. The summed E-state index contributed by atoms with van der Waals surface area (Å²) in [5, 5.41) is 1.25. The number of anilines is 1. The fraction of sp³-hybridized carbons (Fsp3) is 0.455. The van der Waals surface area contributed by atoms with E-state index in [1.54, 1.807) is 6.33 Å². The van der Waals surface area contributed by atoms with Gasteiger partial charge in [0.1, 0.15) is 17.0 Å². The van der Waals surface area contributed by atoms with Crippen molar-refractivity contribution in [3.05, 3.63) is 53.2 Å². The molecular formula is C22H26N4S. The highest BCUT2D eigenvalue weighted by Crippen LogP contribution is 2.42. The molecule has 0 N–H and O–H groups in total. The van der Waals surface area contributed by atoms with Crippen LogP contribution in [0.1, 0.15) is 30.2 Å². The zero-order valence-corrected chi connectivity index (χ0v) is 16.7. The van der Waals surface area contributed by atoms with Crippen LogP contribution in [0.3, 0.4) is 0 Å². The van der Waals surface area contributed by atoms with E-state index in [1.807, 2.05) is 11.3 Å². The molecule has 2 aliphatic heterocycles. The van der Waals surface area contributed by atoms with Crippen LogP contribution in [0.4, 0.5) is 5.82 Å². The van der Waals surface area contributed by atoms with Crippen molar-refractivity contribution in [2.45, 2.75) is 32.7 Å². The lowest BCUT2D eigenvalue weighted by atomic mass is 9.86. The Morgan fingerprint density at radius 3 is 2.78 bits per heavy atom. The molecule has 2 aromatic heterocycles. The monoisotopic (exact) mass is 378 g/mol. The molecule has 5 rings (SSSR count). The Kier molecular flexibility index (Phi) is 4.37. The van der Waals surface area contributed by atoms with Gasteiger partial charge in [-0.3, -0.25) is 4.90 Å². The third-order valence-corrected chi connectivity index (χ3v) is 7.40. The number of benzene rings is 1. The minimum absolute atomic E-state index is 0.426. The van der Waals surface area contributed by atoms with Crippen LogP contribution in [0, 0.1) is 5.41 Å². The molecule has 1 aromatic carbocycles. The number of hydrogen-bond donors (Lipinski definition) is 0. The second-order valence-electron chi connectivity index (χ2n) is 8.10. The van der Waals surface area contributed by atoms with Gasteiger partial charge in [-0.1, -0.05) is 37.3 Å². The summed E-state index contributed by atoms with van der Waals surface area (Å²) in [6.07, 6.45) is 5.39. The lowest BCUT2D eigenvalue weighted by Crippen LogP contribution is -2.31. The van der Waals surface area contributed by atoms with Gasteiger partial charge in [-0.25, -0.2) is 9.97 Å². The van der Waals surface area contributed by atoms with Gasteiger partial charge in [0.05, 0.1) is 5.39 Å². The third-order valence-electron chi connectivity index (χ3n) is 6.21. The number of aryl methyl sites for hydroxylation is 1. The SMILES string of the molecule is CCc1cc2c(N3CCC4(CCN(Cc5ccccc5)C4)C3)ncnc2s1. The van der Waals surface area contributed by atoms with Crippen molar-refractivity contribution >= 4 is 27.4 Å². The standard InChI is InChI=1S/C22H26N4S/c1-2-18-12-19-20(23-16-24-21(19)27-18)26-11-9-22(15-26)8-10-25(14-22)13-17-6-4-3-5-7-17/h3-7,12,16H,2,8-11,13-15H2,1H3. The van der Waals surface area contributed by atoms with Crippen molar-refractivity contribution in [3.8, 4) is 0 Å². The van der Waals surface area contributed by atoms with Crippen molar-refractivity contribution in [3.63, 3.8) is 0 Å². The number of nitrogens with zero attached hydrogens (tertiary/aromatic N) is 4. The van der Waals surface area contributed by atoms with Crippen molar-refractivity contribution in [2.24, 2.45) is 5.41 Å². The lowest BCUT2D eigenvalue weighted by molar-refractivity contribution is 0.270. The van der Waals surface area contributed by atoms with E-state index < -0.39 is 0 Å². The zero-order valence-electron chi connectivity index (χ0n) is 15.9. The summed E-state index contributed by atoms with van der Waals surface area (Å²) in [6.45, 7) is 7.94. The first-order valence-electron chi connectivity index (χ1n) is 9.99. The Balaban J connectivity index is 1.32. The van der Waals surface area contributed by atoms with Crippen molar-refractivity contribution in [1.29, 1.82) is 0 Å². The van der Waals surface area contributed by atoms with E-state index in [-0.39, 0.29) is 0 Å². The molecule has 4 nitrogen and oxygen atoms in total. The molecule has 27 heavy (non-hydrogen) atoms. The Labute approximate surface area is 164 Å². The van der Waals surface area contributed by atoms with Crippen LogP contribution in [-0.4, -0.2) is 41.0 Å². The summed E-state index contributed by atoms with van der Waals surface area (Å²) in [7, 11) is 0. The van der Waals surface area contributed by atoms with Crippen LogP contribution >= 0.6 is 11.3 Å². The summed E-state index contributed by atoms with van der Waals surface area (Å²) >= 11 is 1.81. The molecule has 2 fully saturated rings. The molecule has 0 aliphatic carbocycles. The van der Waals surface area contributed by atoms with E-state index in [2.05, 4.69) is 63.1 Å². The summed E-state index contributed by atoms with van der Waals surface area (Å²) < 4.78 is 0. The van der Waals surface area contributed by atoms with Gasteiger partial charge in [-0.2, -0.15) is 0 Å². The highest BCUT2D eigenvalue weighted by molar-refractivity contribution is 7.18. The third kappa shape index (κ3) is 3.23. The van der Waals surface area contributed by atoms with Crippen LogP contribution in [-0.2, 0) is 13.0 Å². The summed E-state index contributed by atoms with van der Waals surface area (Å²) in [5.74, 6) is 1.15. The summed E-state index contributed by atoms with van der Waals surface area (Å²) in [4.78, 5) is 16.9. The average Bonchev–Trinajstić information content (AvgIpc) is 3.41. The van der Waals surface area contributed by atoms with Gasteiger partial charge < -0.3 is 4.90 Å². The van der Waals surface area contributed by atoms with Gasteiger partial charge in [0.25, 0.3) is 0 Å². The topological polar surface area (TPSA) is 32.3 Å². The Morgan fingerprint density at radius 1 is 1.07 bits per heavy atom. The number of likely N-dealkylation sites (tertiary alicyclic amines) is 1. The Morgan fingerprint density at radius 2 is 1.93 bits per heavy atom. The molecule has 0 radical (unpaired) electrons. The van der Waals surface area contributed by atoms with Crippen molar-refractivity contribution < 1.29 is 0 Å². The van der Waals surface area contributed by atoms with Crippen molar-refractivity contribution in [2.75, 3.05) is 31.1 Å². The van der Waals surface area contributed by atoms with Gasteiger partial charge in [0, 0.05) is 36.5 Å². The highest BCUT2D eigenvalue weighted by Gasteiger charge is 2.44. The number of hydrogen-bond acceptors (Lipinski definition) is 5. The lowest BCUT2D eigenvalue weighted by Gasteiger charge is -2.25. The molecule has 0 bridgehead atoms. The maximum absolute atomic E-state index is 4.69. The molecule has 3 aromatic rings. The van der Waals surface area contributed by atoms with Crippen LogP contribution in [0.5, 0.6) is 0 Å². The Hall–Kier alpha value is -1.98. The van der Waals surface area contributed by atoms with E-state index in [4.69, 9.17) is 0 Å². The second kappa shape index (κ2) is 6.88. The molecular weight excluding hydrogens is 352 g/mol. The zero-order chi connectivity index (χ0) is 18.3. The number of thiophene rings is 1. The quantitative estimate of drug-likeness (QED) is 0.675. The fourth-order valence-electron chi connectivity index (χ4n) is 4.77. The summed E-state index contributed by atoms with van der Waals surface area (Å²) in [6, 6.07) is 13.2. The molecule has 0 saturated carbocycles. The molecule has 1 unspecified atom stereocenters. The second-order valence-corrected chi connectivity index (χ2v) is 9.22. The van der Waals surface area contributed by atoms with Gasteiger partial charge in [0.15, 0.2) is 0 Å². The molecule has 2 aliphatic rings. The fourth-order valence-corrected chi connectivity index (χ4v) is 5.70. The molecule has 5 heteroatoms. The molecule has 1 atom stereocenters. The van der Waals surface area contributed by atoms with Gasteiger partial charge in [-0.15, -0.1) is 11.3 Å². The number of aromatic nitrogens is 2. The largest absolute Gasteiger partial charge is 0.355 e. The van der Waals surface area contributed by atoms with E-state index in [1.165, 1.54) is 41.8 Å². The molecule has 1 spiro atoms.